The van der Waals surface area contributed by atoms with Crippen molar-refractivity contribution in [2.24, 2.45) is 0 Å². The van der Waals surface area contributed by atoms with Crippen LogP contribution in [0.1, 0.15) is 12.8 Å². The highest BCUT2D eigenvalue weighted by Crippen LogP contribution is 2.31. The monoisotopic (exact) mass is 212 g/mol. The number of rotatable bonds is 3. The Morgan fingerprint density at radius 1 is 1.36 bits per heavy atom. The number of hydrogen-bond donors (Lipinski definition) is 0. The van der Waals surface area contributed by atoms with Gasteiger partial charge in [-0.1, -0.05) is 30.0 Å². The van der Waals surface area contributed by atoms with Crippen molar-refractivity contribution in [1.82, 2.24) is 0 Å². The summed E-state index contributed by atoms with van der Waals surface area (Å²) in [7, 11) is 0. The molecule has 0 amide bonds. The van der Waals surface area contributed by atoms with E-state index < -0.39 is 5.50 Å². The molecule has 0 aliphatic carbocycles. The molecule has 1 aromatic rings. The molecule has 1 saturated heterocycles. The Morgan fingerprint density at radius 2 is 2.14 bits per heavy atom. The van der Waals surface area contributed by atoms with Gasteiger partial charge in [0.25, 0.3) is 0 Å². The molecule has 14 heavy (non-hydrogen) atoms. The van der Waals surface area contributed by atoms with E-state index in [4.69, 9.17) is 4.74 Å². The van der Waals surface area contributed by atoms with Gasteiger partial charge in [-0.05, 0) is 25.0 Å². The van der Waals surface area contributed by atoms with Gasteiger partial charge in [0, 0.05) is 11.5 Å². The predicted molar refractivity (Wildman–Crippen MR) is 56.2 cm³/mol. The van der Waals surface area contributed by atoms with E-state index in [1.165, 1.54) is 11.8 Å². The largest absolute Gasteiger partial charge is 0.374 e. The minimum absolute atomic E-state index is 0.208. The number of alkyl halides is 1. The van der Waals surface area contributed by atoms with E-state index in [0.29, 0.717) is 6.61 Å². The topological polar surface area (TPSA) is 9.23 Å². The fraction of sp³-hybridized carbons (Fsp3) is 0.455. The maximum absolute atomic E-state index is 13.6. The van der Waals surface area contributed by atoms with Crippen molar-refractivity contribution in [2.75, 3.05) is 6.61 Å². The van der Waals surface area contributed by atoms with Crippen LogP contribution in [-0.4, -0.2) is 18.2 Å². The zero-order valence-corrected chi connectivity index (χ0v) is 8.67. The highest BCUT2D eigenvalue weighted by atomic mass is 32.2. The van der Waals surface area contributed by atoms with Gasteiger partial charge in [-0.15, -0.1) is 0 Å². The van der Waals surface area contributed by atoms with Crippen LogP contribution in [0, 0.1) is 0 Å². The third-order valence-electron chi connectivity index (χ3n) is 2.25. The molecule has 1 heterocycles. The molecule has 2 atom stereocenters. The molecule has 3 heteroatoms. The number of benzene rings is 1. The molecule has 0 spiro atoms. The SMILES string of the molecule is F[C@@H](Sc1ccccc1)C1CCCO1. The molecule has 0 bridgehead atoms. The van der Waals surface area contributed by atoms with Crippen molar-refractivity contribution < 1.29 is 9.13 Å². The Kier molecular flexibility index (Phi) is 3.43. The fourth-order valence-electron chi connectivity index (χ4n) is 1.51. The van der Waals surface area contributed by atoms with Crippen LogP contribution in [0.15, 0.2) is 35.2 Å². The number of hydrogen-bond acceptors (Lipinski definition) is 2. The van der Waals surface area contributed by atoms with Crippen LogP contribution in [-0.2, 0) is 4.74 Å². The van der Waals surface area contributed by atoms with Crippen molar-refractivity contribution in [3.63, 3.8) is 0 Å². The summed E-state index contributed by atoms with van der Waals surface area (Å²) >= 11 is 1.25. The summed E-state index contributed by atoms with van der Waals surface area (Å²) in [6.07, 6.45) is 1.63. The average Bonchev–Trinajstić information content (AvgIpc) is 2.72. The molecule has 0 radical (unpaired) electrons. The highest BCUT2D eigenvalue weighted by molar-refractivity contribution is 7.99. The molecule has 0 N–H and O–H groups in total. The lowest BCUT2D eigenvalue weighted by molar-refractivity contribution is 0.0767. The first kappa shape index (κ1) is 9.99. The van der Waals surface area contributed by atoms with Gasteiger partial charge in [0.1, 0.15) is 0 Å². The molecule has 1 aliphatic rings. The van der Waals surface area contributed by atoms with Crippen molar-refractivity contribution in [2.45, 2.75) is 29.3 Å². The van der Waals surface area contributed by atoms with Crippen LogP contribution in [0.5, 0.6) is 0 Å². The van der Waals surface area contributed by atoms with Crippen LogP contribution in [0.2, 0.25) is 0 Å². The van der Waals surface area contributed by atoms with Gasteiger partial charge in [-0.2, -0.15) is 0 Å². The van der Waals surface area contributed by atoms with Crippen molar-refractivity contribution in [3.8, 4) is 0 Å². The molecule has 1 nitrogen and oxygen atoms in total. The maximum Gasteiger partial charge on any atom is 0.176 e. The van der Waals surface area contributed by atoms with Gasteiger partial charge in [0.05, 0.1) is 6.10 Å². The minimum atomic E-state index is -0.931. The molecule has 1 fully saturated rings. The molecule has 1 unspecified atom stereocenters. The Hall–Kier alpha value is -0.540. The summed E-state index contributed by atoms with van der Waals surface area (Å²) < 4.78 is 18.9. The van der Waals surface area contributed by atoms with Gasteiger partial charge in [0.2, 0.25) is 0 Å². The second-order valence-electron chi connectivity index (χ2n) is 3.33. The molecule has 76 valence electrons. The quantitative estimate of drug-likeness (QED) is 0.711. The van der Waals surface area contributed by atoms with Crippen molar-refractivity contribution >= 4 is 11.8 Å². The number of thioether (sulfide) groups is 1. The lowest BCUT2D eigenvalue weighted by Gasteiger charge is -2.14. The lowest BCUT2D eigenvalue weighted by atomic mass is 10.3. The van der Waals surface area contributed by atoms with E-state index in [9.17, 15) is 4.39 Å². The lowest BCUT2D eigenvalue weighted by Crippen LogP contribution is -2.17. The summed E-state index contributed by atoms with van der Waals surface area (Å²) in [5.41, 5.74) is -0.931. The molecule has 1 aromatic carbocycles. The molecule has 1 aliphatic heterocycles. The van der Waals surface area contributed by atoms with Crippen LogP contribution < -0.4 is 0 Å². The van der Waals surface area contributed by atoms with E-state index in [0.717, 1.165) is 17.7 Å². The third kappa shape index (κ3) is 2.49. The third-order valence-corrected chi connectivity index (χ3v) is 3.32. The Labute approximate surface area is 87.7 Å². The van der Waals surface area contributed by atoms with Crippen molar-refractivity contribution in [1.29, 1.82) is 0 Å². The van der Waals surface area contributed by atoms with Crippen LogP contribution in [0.25, 0.3) is 0 Å². The highest BCUT2D eigenvalue weighted by Gasteiger charge is 2.26. The smallest absolute Gasteiger partial charge is 0.176 e. The first-order chi connectivity index (χ1) is 6.86. The van der Waals surface area contributed by atoms with Crippen LogP contribution >= 0.6 is 11.8 Å². The number of halogens is 1. The zero-order valence-electron chi connectivity index (χ0n) is 7.86. The van der Waals surface area contributed by atoms with E-state index in [1.54, 1.807) is 0 Å². The normalized spacial score (nSPS) is 23.6. The van der Waals surface area contributed by atoms with Gasteiger partial charge in [-0.25, -0.2) is 4.39 Å². The first-order valence-electron chi connectivity index (χ1n) is 4.83. The Balaban J connectivity index is 1.90. The van der Waals surface area contributed by atoms with Gasteiger partial charge in [-0.3, -0.25) is 0 Å². The van der Waals surface area contributed by atoms with E-state index in [2.05, 4.69) is 0 Å². The summed E-state index contributed by atoms with van der Waals surface area (Å²) in [5, 5.41) is 0. The first-order valence-corrected chi connectivity index (χ1v) is 5.71. The Bertz CT molecular complexity index is 272. The number of ether oxygens (including phenoxy) is 1. The molecular weight excluding hydrogens is 199 g/mol. The van der Waals surface area contributed by atoms with Crippen LogP contribution in [0.3, 0.4) is 0 Å². The van der Waals surface area contributed by atoms with Crippen molar-refractivity contribution in [3.05, 3.63) is 30.3 Å². The molecule has 0 saturated carbocycles. The predicted octanol–water partition coefficient (Wildman–Crippen LogP) is 3.25. The summed E-state index contributed by atoms with van der Waals surface area (Å²) in [4.78, 5) is 0.968. The fourth-order valence-corrected chi connectivity index (χ4v) is 2.45. The van der Waals surface area contributed by atoms with Gasteiger partial charge >= 0.3 is 0 Å². The summed E-state index contributed by atoms with van der Waals surface area (Å²) in [5.74, 6) is 0. The minimum Gasteiger partial charge on any atom is -0.374 e. The standard InChI is InChI=1S/C11H13FOS/c12-11(10-7-4-8-13-10)14-9-5-2-1-3-6-9/h1-3,5-6,10-11H,4,7-8H2/t10?,11-/m0/s1. The van der Waals surface area contributed by atoms with Crippen LogP contribution in [0.4, 0.5) is 4.39 Å². The van der Waals surface area contributed by atoms with E-state index in [1.807, 2.05) is 30.3 Å². The summed E-state index contributed by atoms with van der Waals surface area (Å²) in [6, 6.07) is 9.62. The Morgan fingerprint density at radius 3 is 2.79 bits per heavy atom. The average molecular weight is 212 g/mol. The van der Waals surface area contributed by atoms with Gasteiger partial charge in [0.15, 0.2) is 5.50 Å². The molecule has 0 aromatic heterocycles. The van der Waals surface area contributed by atoms with E-state index in [-0.39, 0.29) is 6.10 Å². The second kappa shape index (κ2) is 4.80. The molecular formula is C11H13FOS. The molecule has 2 rings (SSSR count). The maximum atomic E-state index is 13.6. The second-order valence-corrected chi connectivity index (χ2v) is 4.49. The zero-order chi connectivity index (χ0) is 9.80. The van der Waals surface area contributed by atoms with Gasteiger partial charge < -0.3 is 4.74 Å². The van der Waals surface area contributed by atoms with E-state index >= 15 is 0 Å². The summed E-state index contributed by atoms with van der Waals surface area (Å²) in [6.45, 7) is 0.709.